The van der Waals surface area contributed by atoms with E-state index in [1.807, 2.05) is 6.92 Å². The third-order valence-electron chi connectivity index (χ3n) is 4.70. The van der Waals surface area contributed by atoms with Crippen molar-refractivity contribution in [3.05, 3.63) is 88.0 Å². The van der Waals surface area contributed by atoms with Crippen molar-refractivity contribution in [3.63, 3.8) is 0 Å². The molecule has 10 heteroatoms. The normalized spacial score (nSPS) is 11.0. The monoisotopic (exact) mass is 456 g/mol. The molecular weight excluding hydrogens is 436 g/mol. The Hall–Kier alpha value is -3.92. The van der Waals surface area contributed by atoms with Crippen LogP contribution >= 0.6 is 0 Å². The van der Waals surface area contributed by atoms with Crippen LogP contribution < -0.4 is 13.8 Å². The van der Waals surface area contributed by atoms with Gasteiger partial charge >= 0.3 is 11.7 Å². The number of nitro benzene ring substituents is 1. The molecule has 0 heterocycles. The lowest BCUT2D eigenvalue weighted by Gasteiger charge is -2.20. The van der Waals surface area contributed by atoms with Gasteiger partial charge in [0.05, 0.1) is 28.2 Å². The van der Waals surface area contributed by atoms with E-state index in [4.69, 9.17) is 9.47 Å². The standard InChI is InChI=1S/C22H20N2O7S/c1-15-4-11-19(12-5-15)32(28,29)23(2)17-7-9-18(10-8-17)31-22(25)16-6-13-21(30-3)20(14-16)24(26)27/h4-14H,1-3H3. The highest BCUT2D eigenvalue weighted by molar-refractivity contribution is 7.92. The summed E-state index contributed by atoms with van der Waals surface area (Å²) in [6, 6.07) is 16.1. The molecule has 0 fully saturated rings. The fraction of sp³-hybridized carbons (Fsp3) is 0.136. The van der Waals surface area contributed by atoms with E-state index in [-0.39, 0.29) is 27.6 Å². The van der Waals surface area contributed by atoms with Crippen LogP contribution in [0, 0.1) is 17.0 Å². The Balaban J connectivity index is 1.77. The number of rotatable bonds is 7. The van der Waals surface area contributed by atoms with Crippen LogP contribution in [0.3, 0.4) is 0 Å². The van der Waals surface area contributed by atoms with Crippen molar-refractivity contribution in [1.29, 1.82) is 0 Å². The second-order valence-corrected chi connectivity index (χ2v) is 8.78. The number of carbonyl (C=O) groups excluding carboxylic acids is 1. The van der Waals surface area contributed by atoms with Gasteiger partial charge in [-0.15, -0.1) is 0 Å². The molecule has 3 aromatic carbocycles. The van der Waals surface area contributed by atoms with Crippen molar-refractivity contribution < 1.29 is 27.6 Å². The van der Waals surface area contributed by atoms with Crippen LogP contribution in [-0.4, -0.2) is 33.5 Å². The molecule has 3 aromatic rings. The Morgan fingerprint density at radius 1 is 1.00 bits per heavy atom. The van der Waals surface area contributed by atoms with Gasteiger partial charge in [0.2, 0.25) is 0 Å². The van der Waals surface area contributed by atoms with E-state index in [0.29, 0.717) is 5.69 Å². The van der Waals surface area contributed by atoms with Gasteiger partial charge in [0.1, 0.15) is 5.75 Å². The first kappa shape index (κ1) is 22.8. The van der Waals surface area contributed by atoms with Crippen LogP contribution in [0.1, 0.15) is 15.9 Å². The van der Waals surface area contributed by atoms with Gasteiger partial charge in [0.25, 0.3) is 10.0 Å². The summed E-state index contributed by atoms with van der Waals surface area (Å²) in [5.74, 6) is -0.629. The van der Waals surface area contributed by atoms with Gasteiger partial charge in [-0.25, -0.2) is 13.2 Å². The van der Waals surface area contributed by atoms with Crippen molar-refractivity contribution >= 4 is 27.4 Å². The van der Waals surface area contributed by atoms with Gasteiger partial charge in [0.15, 0.2) is 5.75 Å². The molecule has 32 heavy (non-hydrogen) atoms. The number of anilines is 1. The topological polar surface area (TPSA) is 116 Å². The average Bonchev–Trinajstić information content (AvgIpc) is 2.78. The number of sulfonamides is 1. The molecule has 0 unspecified atom stereocenters. The summed E-state index contributed by atoms with van der Waals surface area (Å²) in [7, 11) is -1.04. The highest BCUT2D eigenvalue weighted by Gasteiger charge is 2.22. The molecule has 0 aromatic heterocycles. The molecule has 0 aliphatic carbocycles. The molecule has 0 amide bonds. The number of hydrogen-bond acceptors (Lipinski definition) is 7. The quantitative estimate of drug-likeness (QED) is 0.229. The van der Waals surface area contributed by atoms with Gasteiger partial charge in [-0.05, 0) is 55.5 Å². The first-order valence-electron chi connectivity index (χ1n) is 9.34. The van der Waals surface area contributed by atoms with Gasteiger partial charge in [-0.2, -0.15) is 0 Å². The fourth-order valence-corrected chi connectivity index (χ4v) is 4.05. The maximum atomic E-state index is 12.8. The van der Waals surface area contributed by atoms with E-state index in [9.17, 15) is 23.3 Å². The van der Waals surface area contributed by atoms with Crippen molar-refractivity contribution in [1.82, 2.24) is 0 Å². The minimum Gasteiger partial charge on any atom is -0.490 e. The van der Waals surface area contributed by atoms with Crippen LogP contribution in [0.25, 0.3) is 0 Å². The number of nitro groups is 1. The third-order valence-corrected chi connectivity index (χ3v) is 6.50. The SMILES string of the molecule is COc1ccc(C(=O)Oc2ccc(N(C)S(=O)(=O)c3ccc(C)cc3)cc2)cc1[N+](=O)[O-]. The third kappa shape index (κ3) is 4.70. The predicted octanol–water partition coefficient (Wildman–Crippen LogP) is 3.96. The zero-order valence-corrected chi connectivity index (χ0v) is 18.3. The molecule has 166 valence electrons. The van der Waals surface area contributed by atoms with Gasteiger partial charge < -0.3 is 9.47 Å². The average molecular weight is 456 g/mol. The van der Waals surface area contributed by atoms with E-state index in [2.05, 4.69) is 0 Å². The van der Waals surface area contributed by atoms with Crippen LogP contribution in [0.15, 0.2) is 71.6 Å². The minimum atomic E-state index is -3.76. The first-order chi connectivity index (χ1) is 15.1. The van der Waals surface area contributed by atoms with Gasteiger partial charge in [-0.1, -0.05) is 17.7 Å². The smallest absolute Gasteiger partial charge is 0.343 e. The van der Waals surface area contributed by atoms with Crippen molar-refractivity contribution in [2.45, 2.75) is 11.8 Å². The van der Waals surface area contributed by atoms with E-state index in [1.54, 1.807) is 12.1 Å². The van der Waals surface area contributed by atoms with Crippen LogP contribution in [0.5, 0.6) is 11.5 Å². The highest BCUT2D eigenvalue weighted by atomic mass is 32.2. The Morgan fingerprint density at radius 2 is 1.62 bits per heavy atom. The summed E-state index contributed by atoms with van der Waals surface area (Å²) >= 11 is 0. The van der Waals surface area contributed by atoms with Crippen LogP contribution in [0.2, 0.25) is 0 Å². The molecule has 9 nitrogen and oxygen atoms in total. The molecule has 0 bridgehead atoms. The molecule has 3 rings (SSSR count). The zero-order chi connectivity index (χ0) is 23.5. The highest BCUT2D eigenvalue weighted by Crippen LogP contribution is 2.29. The number of benzene rings is 3. The van der Waals surface area contributed by atoms with Crippen molar-refractivity contribution in [3.8, 4) is 11.5 Å². The summed E-state index contributed by atoms with van der Waals surface area (Å²) in [4.78, 5) is 23.0. The number of carbonyl (C=O) groups is 1. The Labute approximate surface area is 185 Å². The van der Waals surface area contributed by atoms with Crippen molar-refractivity contribution in [2.75, 3.05) is 18.5 Å². The van der Waals surface area contributed by atoms with Crippen LogP contribution in [0.4, 0.5) is 11.4 Å². The lowest BCUT2D eigenvalue weighted by molar-refractivity contribution is -0.385. The summed E-state index contributed by atoms with van der Waals surface area (Å²) in [6.45, 7) is 1.87. The molecular formula is C22H20N2O7S. The Kier molecular flexibility index (Phi) is 6.45. The van der Waals surface area contributed by atoms with Crippen LogP contribution in [-0.2, 0) is 10.0 Å². The Morgan fingerprint density at radius 3 is 2.19 bits per heavy atom. The summed E-state index contributed by atoms with van der Waals surface area (Å²) in [5.41, 5.74) is 0.923. The summed E-state index contributed by atoms with van der Waals surface area (Å²) in [5, 5.41) is 11.1. The second-order valence-electron chi connectivity index (χ2n) is 6.81. The number of ether oxygens (including phenoxy) is 2. The molecule has 0 saturated carbocycles. The van der Waals surface area contributed by atoms with Gasteiger partial charge in [-0.3, -0.25) is 14.4 Å². The molecule has 0 N–H and O–H groups in total. The number of esters is 1. The number of aryl methyl sites for hydroxylation is 1. The lowest BCUT2D eigenvalue weighted by atomic mass is 10.2. The largest absolute Gasteiger partial charge is 0.490 e. The maximum absolute atomic E-state index is 12.8. The summed E-state index contributed by atoms with van der Waals surface area (Å²) in [6.07, 6.45) is 0. The molecule has 0 saturated heterocycles. The maximum Gasteiger partial charge on any atom is 0.343 e. The summed E-state index contributed by atoms with van der Waals surface area (Å²) < 4.78 is 36.9. The van der Waals surface area contributed by atoms with E-state index in [0.717, 1.165) is 15.9 Å². The second kappa shape index (κ2) is 9.06. The lowest BCUT2D eigenvalue weighted by Crippen LogP contribution is -2.26. The fourth-order valence-electron chi connectivity index (χ4n) is 2.86. The minimum absolute atomic E-state index is 0.0220. The molecule has 0 atom stereocenters. The number of nitrogens with zero attached hydrogens (tertiary/aromatic N) is 2. The van der Waals surface area contributed by atoms with Crippen molar-refractivity contribution in [2.24, 2.45) is 0 Å². The predicted molar refractivity (Wildman–Crippen MR) is 118 cm³/mol. The van der Waals surface area contributed by atoms with E-state index in [1.165, 1.54) is 62.7 Å². The molecule has 0 aliphatic heterocycles. The first-order valence-corrected chi connectivity index (χ1v) is 10.8. The zero-order valence-electron chi connectivity index (χ0n) is 17.5. The van der Waals surface area contributed by atoms with Gasteiger partial charge in [0, 0.05) is 13.1 Å². The molecule has 0 radical (unpaired) electrons. The van der Waals surface area contributed by atoms with E-state index < -0.39 is 20.9 Å². The molecule has 0 spiro atoms. The Bertz CT molecular complexity index is 1250. The number of methoxy groups -OCH3 is 1. The molecule has 0 aliphatic rings. The number of hydrogen-bond donors (Lipinski definition) is 0. The van der Waals surface area contributed by atoms with E-state index >= 15 is 0 Å².